The standard InChI is InChI=1S/C17H30N2O3/c1-2-16(20)19-11-14(9-17(21)22)8-15(12-19)18-10-13-6-4-3-5-7-13/h13-15,18H,2-12H2,1H3,(H,21,22). The first kappa shape index (κ1) is 17.3. The van der Waals surface area contributed by atoms with Gasteiger partial charge < -0.3 is 15.3 Å². The Bertz CT molecular complexity index is 380. The van der Waals surface area contributed by atoms with Crippen molar-refractivity contribution < 1.29 is 14.7 Å². The molecule has 1 saturated heterocycles. The first-order chi connectivity index (χ1) is 10.6. The lowest BCUT2D eigenvalue weighted by Crippen LogP contribution is -2.52. The van der Waals surface area contributed by atoms with Crippen molar-refractivity contribution in [3.8, 4) is 0 Å². The predicted molar refractivity (Wildman–Crippen MR) is 85.6 cm³/mol. The van der Waals surface area contributed by atoms with E-state index >= 15 is 0 Å². The number of hydrogen-bond donors (Lipinski definition) is 2. The number of carbonyl (C=O) groups excluding carboxylic acids is 1. The molecular formula is C17H30N2O3. The average Bonchev–Trinajstić information content (AvgIpc) is 2.52. The molecule has 1 aliphatic heterocycles. The summed E-state index contributed by atoms with van der Waals surface area (Å²) in [5, 5.41) is 12.7. The van der Waals surface area contributed by atoms with Gasteiger partial charge in [-0.2, -0.15) is 0 Å². The molecule has 1 saturated carbocycles. The number of carboxylic acids is 1. The van der Waals surface area contributed by atoms with Crippen LogP contribution in [0.15, 0.2) is 0 Å². The van der Waals surface area contributed by atoms with Gasteiger partial charge in [-0.05, 0) is 37.6 Å². The van der Waals surface area contributed by atoms with Crippen LogP contribution in [0, 0.1) is 11.8 Å². The van der Waals surface area contributed by atoms with E-state index in [2.05, 4.69) is 5.32 Å². The predicted octanol–water partition coefficient (Wildman–Crippen LogP) is 2.26. The summed E-state index contributed by atoms with van der Waals surface area (Å²) in [6, 6.07) is 0.246. The number of piperidine rings is 1. The Morgan fingerprint density at radius 3 is 2.50 bits per heavy atom. The number of carboxylic acid groups (broad SMARTS) is 1. The molecule has 2 N–H and O–H groups in total. The van der Waals surface area contributed by atoms with Gasteiger partial charge in [0.15, 0.2) is 0 Å². The SMILES string of the molecule is CCC(=O)N1CC(CC(=O)O)CC(NCC2CCCCC2)C1. The highest BCUT2D eigenvalue weighted by atomic mass is 16.4. The van der Waals surface area contributed by atoms with E-state index in [1.807, 2.05) is 11.8 Å². The summed E-state index contributed by atoms with van der Waals surface area (Å²) in [6.45, 7) is 4.21. The molecule has 2 aliphatic rings. The van der Waals surface area contributed by atoms with Crippen molar-refractivity contribution in [2.45, 2.75) is 64.3 Å². The van der Waals surface area contributed by atoms with E-state index in [1.54, 1.807) is 0 Å². The molecule has 5 nitrogen and oxygen atoms in total. The zero-order valence-corrected chi connectivity index (χ0v) is 13.7. The lowest BCUT2D eigenvalue weighted by atomic mass is 9.88. The normalized spacial score (nSPS) is 26.9. The summed E-state index contributed by atoms with van der Waals surface area (Å²) in [6.07, 6.45) is 8.15. The summed E-state index contributed by atoms with van der Waals surface area (Å²) in [7, 11) is 0. The van der Waals surface area contributed by atoms with Gasteiger partial charge in [-0.25, -0.2) is 0 Å². The largest absolute Gasteiger partial charge is 0.481 e. The molecule has 0 aromatic rings. The maximum atomic E-state index is 12.0. The highest BCUT2D eigenvalue weighted by molar-refractivity contribution is 5.76. The van der Waals surface area contributed by atoms with E-state index in [1.165, 1.54) is 32.1 Å². The Morgan fingerprint density at radius 2 is 1.86 bits per heavy atom. The van der Waals surface area contributed by atoms with Crippen LogP contribution in [0.1, 0.15) is 58.3 Å². The fourth-order valence-electron chi connectivity index (χ4n) is 3.90. The van der Waals surface area contributed by atoms with Gasteiger partial charge >= 0.3 is 5.97 Å². The fraction of sp³-hybridized carbons (Fsp3) is 0.882. The van der Waals surface area contributed by atoms with Crippen LogP contribution in [0.4, 0.5) is 0 Å². The minimum Gasteiger partial charge on any atom is -0.481 e. The van der Waals surface area contributed by atoms with Crippen molar-refractivity contribution in [3.05, 3.63) is 0 Å². The fourth-order valence-corrected chi connectivity index (χ4v) is 3.90. The first-order valence-corrected chi connectivity index (χ1v) is 8.81. The minimum atomic E-state index is -0.762. The van der Waals surface area contributed by atoms with Gasteiger partial charge in [0.25, 0.3) is 0 Å². The van der Waals surface area contributed by atoms with Crippen LogP contribution in [0.25, 0.3) is 0 Å². The summed E-state index contributed by atoms with van der Waals surface area (Å²) in [5.41, 5.74) is 0. The van der Waals surface area contributed by atoms with Gasteiger partial charge in [-0.1, -0.05) is 26.2 Å². The maximum Gasteiger partial charge on any atom is 0.303 e. The number of likely N-dealkylation sites (tertiary alicyclic amines) is 1. The van der Waals surface area contributed by atoms with Crippen LogP contribution in [-0.2, 0) is 9.59 Å². The molecule has 1 aliphatic carbocycles. The lowest BCUT2D eigenvalue weighted by molar-refractivity contribution is -0.141. The van der Waals surface area contributed by atoms with Crippen LogP contribution in [-0.4, -0.2) is 47.6 Å². The van der Waals surface area contributed by atoms with E-state index in [0.29, 0.717) is 13.0 Å². The van der Waals surface area contributed by atoms with E-state index < -0.39 is 5.97 Å². The second-order valence-corrected chi connectivity index (χ2v) is 6.96. The third-order valence-corrected chi connectivity index (χ3v) is 5.08. The van der Waals surface area contributed by atoms with E-state index in [9.17, 15) is 9.59 Å². The molecule has 1 heterocycles. The second kappa shape index (κ2) is 8.51. The average molecular weight is 310 g/mol. The molecule has 2 fully saturated rings. The monoisotopic (exact) mass is 310 g/mol. The van der Waals surface area contributed by atoms with Crippen molar-refractivity contribution in [2.75, 3.05) is 19.6 Å². The number of amides is 1. The zero-order valence-electron chi connectivity index (χ0n) is 13.7. The van der Waals surface area contributed by atoms with Gasteiger partial charge in [-0.15, -0.1) is 0 Å². The van der Waals surface area contributed by atoms with Crippen molar-refractivity contribution in [1.29, 1.82) is 0 Å². The Kier molecular flexibility index (Phi) is 6.68. The van der Waals surface area contributed by atoms with Crippen LogP contribution in [0.3, 0.4) is 0 Å². The van der Waals surface area contributed by atoms with E-state index in [4.69, 9.17) is 5.11 Å². The van der Waals surface area contributed by atoms with Gasteiger partial charge in [0.2, 0.25) is 5.91 Å². The molecule has 126 valence electrons. The highest BCUT2D eigenvalue weighted by Crippen LogP contribution is 2.25. The molecule has 2 atom stereocenters. The molecule has 0 spiro atoms. The Morgan fingerprint density at radius 1 is 1.14 bits per heavy atom. The molecule has 0 aromatic heterocycles. The molecule has 2 rings (SSSR count). The number of nitrogens with zero attached hydrogens (tertiary/aromatic N) is 1. The molecule has 22 heavy (non-hydrogen) atoms. The number of nitrogens with one attached hydrogen (secondary N) is 1. The minimum absolute atomic E-state index is 0.0746. The Hall–Kier alpha value is -1.10. The Labute approximate surface area is 133 Å². The maximum absolute atomic E-state index is 12.0. The van der Waals surface area contributed by atoms with Crippen LogP contribution in [0.2, 0.25) is 0 Å². The quantitative estimate of drug-likeness (QED) is 0.789. The lowest BCUT2D eigenvalue weighted by Gasteiger charge is -2.38. The second-order valence-electron chi connectivity index (χ2n) is 6.96. The van der Waals surface area contributed by atoms with Crippen molar-refractivity contribution in [1.82, 2.24) is 10.2 Å². The number of rotatable bonds is 6. The first-order valence-electron chi connectivity index (χ1n) is 8.81. The molecule has 1 amide bonds. The van der Waals surface area contributed by atoms with Crippen molar-refractivity contribution >= 4 is 11.9 Å². The van der Waals surface area contributed by atoms with Crippen molar-refractivity contribution in [3.63, 3.8) is 0 Å². The van der Waals surface area contributed by atoms with Gasteiger partial charge in [0.05, 0.1) is 0 Å². The number of aliphatic carboxylic acids is 1. The highest BCUT2D eigenvalue weighted by Gasteiger charge is 2.30. The third kappa shape index (κ3) is 5.27. The molecular weight excluding hydrogens is 280 g/mol. The molecule has 0 bridgehead atoms. The van der Waals surface area contributed by atoms with Gasteiger partial charge in [-0.3, -0.25) is 9.59 Å². The molecule has 0 radical (unpaired) electrons. The smallest absolute Gasteiger partial charge is 0.303 e. The number of carbonyl (C=O) groups is 2. The van der Waals surface area contributed by atoms with Gasteiger partial charge in [0.1, 0.15) is 0 Å². The third-order valence-electron chi connectivity index (χ3n) is 5.08. The topological polar surface area (TPSA) is 69.6 Å². The van der Waals surface area contributed by atoms with Crippen molar-refractivity contribution in [2.24, 2.45) is 11.8 Å². The zero-order chi connectivity index (χ0) is 15.9. The summed E-state index contributed by atoms with van der Waals surface area (Å²) >= 11 is 0. The summed E-state index contributed by atoms with van der Waals surface area (Å²) in [5.74, 6) is 0.205. The Balaban J connectivity index is 1.86. The van der Waals surface area contributed by atoms with Crippen LogP contribution >= 0.6 is 0 Å². The molecule has 2 unspecified atom stereocenters. The van der Waals surface area contributed by atoms with Gasteiger partial charge in [0, 0.05) is 32.0 Å². The van der Waals surface area contributed by atoms with E-state index in [-0.39, 0.29) is 24.3 Å². The molecule has 0 aromatic carbocycles. The van der Waals surface area contributed by atoms with Crippen LogP contribution < -0.4 is 5.32 Å². The summed E-state index contributed by atoms with van der Waals surface area (Å²) in [4.78, 5) is 24.9. The van der Waals surface area contributed by atoms with E-state index in [0.717, 1.165) is 25.4 Å². The van der Waals surface area contributed by atoms with Crippen LogP contribution in [0.5, 0.6) is 0 Å². The number of hydrogen-bond acceptors (Lipinski definition) is 3. The summed E-state index contributed by atoms with van der Waals surface area (Å²) < 4.78 is 0. The molecule has 5 heteroatoms.